The molecule has 4 rings (SSSR count). The lowest BCUT2D eigenvalue weighted by atomic mass is 10.0. The standard InChI is InChI=1S/C24H24N3O3S/c1-25-24(30)27-13-12-26(21(23(27)29)16-20-7-4-14-31-20)22(28)11-9-17-8-10-18-5-2-3-6-19(18)15-17/h2-8,10-11,14-15,21H,9,12-13,16H2,1H3,(H,25,30)/t21-/m1/s1. The van der Waals surface area contributed by atoms with Gasteiger partial charge in [-0.05, 0) is 34.2 Å². The number of nitrogens with one attached hydrogen (secondary N) is 1. The van der Waals surface area contributed by atoms with E-state index in [2.05, 4.69) is 17.4 Å². The van der Waals surface area contributed by atoms with Crippen molar-refractivity contribution in [1.29, 1.82) is 0 Å². The van der Waals surface area contributed by atoms with Crippen molar-refractivity contribution in [3.05, 3.63) is 76.8 Å². The Balaban J connectivity index is 1.48. The Morgan fingerprint density at radius 1 is 1.10 bits per heavy atom. The monoisotopic (exact) mass is 434 g/mol. The average Bonchev–Trinajstić information content (AvgIpc) is 3.31. The molecule has 1 saturated heterocycles. The number of hydrogen-bond donors (Lipinski definition) is 1. The van der Waals surface area contributed by atoms with Crippen LogP contribution >= 0.6 is 11.3 Å². The molecule has 4 amide bonds. The van der Waals surface area contributed by atoms with Crippen molar-refractivity contribution in [1.82, 2.24) is 15.1 Å². The molecule has 0 saturated carbocycles. The number of carbonyl (C=O) groups is 3. The summed E-state index contributed by atoms with van der Waals surface area (Å²) in [6.07, 6.45) is 2.52. The summed E-state index contributed by atoms with van der Waals surface area (Å²) >= 11 is 1.54. The van der Waals surface area contributed by atoms with Gasteiger partial charge in [-0.3, -0.25) is 14.5 Å². The van der Waals surface area contributed by atoms with Crippen molar-refractivity contribution < 1.29 is 14.4 Å². The highest BCUT2D eigenvalue weighted by Crippen LogP contribution is 2.22. The van der Waals surface area contributed by atoms with Gasteiger partial charge in [-0.1, -0.05) is 48.5 Å². The van der Waals surface area contributed by atoms with E-state index in [9.17, 15) is 14.4 Å². The third-order valence-corrected chi connectivity index (χ3v) is 6.43. The Morgan fingerprint density at radius 3 is 2.65 bits per heavy atom. The molecule has 1 atom stereocenters. The smallest absolute Gasteiger partial charge is 0.323 e. The van der Waals surface area contributed by atoms with E-state index in [0.717, 1.165) is 21.2 Å². The van der Waals surface area contributed by atoms with Gasteiger partial charge in [-0.25, -0.2) is 4.79 Å². The molecule has 2 heterocycles. The minimum Gasteiger partial charge on any atom is -0.341 e. The Morgan fingerprint density at radius 2 is 1.90 bits per heavy atom. The molecule has 0 spiro atoms. The summed E-state index contributed by atoms with van der Waals surface area (Å²) in [6, 6.07) is 17.0. The minimum absolute atomic E-state index is 0.181. The topological polar surface area (TPSA) is 69.7 Å². The number of benzene rings is 2. The number of amides is 4. The fraction of sp³-hybridized carbons (Fsp3) is 0.250. The third-order valence-electron chi connectivity index (χ3n) is 5.53. The molecule has 2 aromatic carbocycles. The molecule has 0 aliphatic carbocycles. The molecule has 1 radical (unpaired) electrons. The van der Waals surface area contributed by atoms with Crippen molar-refractivity contribution in [3.8, 4) is 0 Å². The molecule has 0 bridgehead atoms. The lowest BCUT2D eigenvalue weighted by Crippen LogP contribution is -2.62. The van der Waals surface area contributed by atoms with E-state index in [1.165, 1.54) is 23.3 Å². The molecule has 7 heteroatoms. The number of piperazine rings is 1. The second-order valence-electron chi connectivity index (χ2n) is 7.47. The van der Waals surface area contributed by atoms with Crippen LogP contribution in [-0.2, 0) is 22.4 Å². The van der Waals surface area contributed by atoms with Crippen LogP contribution in [0.25, 0.3) is 10.8 Å². The first-order valence-corrected chi connectivity index (χ1v) is 11.1. The molecule has 0 unspecified atom stereocenters. The third kappa shape index (κ3) is 4.61. The molecule has 1 aliphatic heterocycles. The first-order valence-electron chi connectivity index (χ1n) is 10.2. The second-order valence-corrected chi connectivity index (χ2v) is 8.50. The van der Waals surface area contributed by atoms with Gasteiger partial charge < -0.3 is 10.2 Å². The summed E-state index contributed by atoms with van der Waals surface area (Å²) in [5, 5.41) is 6.74. The predicted molar refractivity (Wildman–Crippen MR) is 122 cm³/mol. The van der Waals surface area contributed by atoms with Crippen molar-refractivity contribution in [2.75, 3.05) is 20.1 Å². The maximum absolute atomic E-state index is 13.1. The van der Waals surface area contributed by atoms with E-state index in [-0.39, 0.29) is 18.4 Å². The zero-order chi connectivity index (χ0) is 21.8. The van der Waals surface area contributed by atoms with Crippen LogP contribution in [0.4, 0.5) is 4.79 Å². The van der Waals surface area contributed by atoms with E-state index in [1.807, 2.05) is 47.8 Å². The van der Waals surface area contributed by atoms with Crippen molar-refractivity contribution in [2.24, 2.45) is 0 Å². The van der Waals surface area contributed by atoms with Crippen LogP contribution in [-0.4, -0.2) is 53.8 Å². The maximum Gasteiger partial charge on any atom is 0.323 e. The van der Waals surface area contributed by atoms with Crippen LogP contribution in [0.15, 0.2) is 60.0 Å². The van der Waals surface area contributed by atoms with Gasteiger partial charge in [0.1, 0.15) is 6.04 Å². The van der Waals surface area contributed by atoms with Gasteiger partial charge >= 0.3 is 6.03 Å². The van der Waals surface area contributed by atoms with Gasteiger partial charge in [0.25, 0.3) is 5.91 Å². The van der Waals surface area contributed by atoms with Crippen LogP contribution in [0.3, 0.4) is 0 Å². The first kappa shape index (κ1) is 21.1. The number of carbonyl (C=O) groups excluding carboxylic acids is 3. The average molecular weight is 435 g/mol. The number of nitrogens with zero attached hydrogens (tertiary/aromatic N) is 2. The largest absolute Gasteiger partial charge is 0.341 e. The number of fused-ring (bicyclic) bond motifs is 1. The predicted octanol–water partition coefficient (Wildman–Crippen LogP) is 3.27. The summed E-state index contributed by atoms with van der Waals surface area (Å²) in [7, 11) is 1.50. The molecular weight excluding hydrogens is 410 g/mol. The van der Waals surface area contributed by atoms with Crippen molar-refractivity contribution in [3.63, 3.8) is 0 Å². The lowest BCUT2D eigenvalue weighted by molar-refractivity contribution is -0.147. The maximum atomic E-state index is 13.1. The summed E-state index contributed by atoms with van der Waals surface area (Å²) in [5.41, 5.74) is 1.04. The minimum atomic E-state index is -0.690. The Kier molecular flexibility index (Phi) is 6.32. The summed E-state index contributed by atoms with van der Waals surface area (Å²) in [5.74, 6) is -0.522. The lowest BCUT2D eigenvalue weighted by Gasteiger charge is -2.39. The summed E-state index contributed by atoms with van der Waals surface area (Å²) < 4.78 is 0. The highest BCUT2D eigenvalue weighted by Gasteiger charge is 2.39. The van der Waals surface area contributed by atoms with Gasteiger partial charge in [0, 0.05) is 31.4 Å². The highest BCUT2D eigenvalue weighted by atomic mass is 32.1. The molecule has 159 valence electrons. The normalized spacial score (nSPS) is 16.5. The zero-order valence-corrected chi connectivity index (χ0v) is 18.1. The SMILES string of the molecule is CNC(=O)N1CCN(C(=O)[CH]Cc2ccc3ccccc3c2)[C@H](Cc2cccs2)C1=O. The van der Waals surface area contributed by atoms with E-state index in [1.54, 1.807) is 11.3 Å². The van der Waals surface area contributed by atoms with Gasteiger partial charge in [-0.15, -0.1) is 11.3 Å². The van der Waals surface area contributed by atoms with Crippen LogP contribution in [0.1, 0.15) is 10.4 Å². The Bertz CT molecular complexity index is 1100. The number of urea groups is 1. The van der Waals surface area contributed by atoms with E-state index in [0.29, 0.717) is 19.4 Å². The molecule has 1 aliphatic rings. The summed E-state index contributed by atoms with van der Waals surface area (Å²) in [6.45, 7) is 0.511. The fourth-order valence-electron chi connectivity index (χ4n) is 3.89. The van der Waals surface area contributed by atoms with Crippen molar-refractivity contribution >= 4 is 40.0 Å². The fourth-order valence-corrected chi connectivity index (χ4v) is 4.64. The molecule has 31 heavy (non-hydrogen) atoms. The quantitative estimate of drug-likeness (QED) is 0.670. The number of rotatable bonds is 5. The Labute approximate surface area is 185 Å². The summed E-state index contributed by atoms with van der Waals surface area (Å²) in [4.78, 5) is 42.0. The van der Waals surface area contributed by atoms with Crippen molar-refractivity contribution in [2.45, 2.75) is 18.9 Å². The van der Waals surface area contributed by atoms with Gasteiger partial charge in [0.2, 0.25) is 5.91 Å². The molecule has 6 nitrogen and oxygen atoms in total. The molecule has 1 N–H and O–H groups in total. The molecule has 1 aromatic heterocycles. The zero-order valence-electron chi connectivity index (χ0n) is 17.3. The first-order chi connectivity index (χ1) is 15.1. The van der Waals surface area contributed by atoms with Gasteiger partial charge in [-0.2, -0.15) is 0 Å². The van der Waals surface area contributed by atoms with E-state index in [4.69, 9.17) is 0 Å². The van der Waals surface area contributed by atoms with Crippen LogP contribution in [0.2, 0.25) is 0 Å². The second kappa shape index (κ2) is 9.31. The van der Waals surface area contributed by atoms with E-state index >= 15 is 0 Å². The van der Waals surface area contributed by atoms with Gasteiger partial charge in [0.05, 0.1) is 6.42 Å². The van der Waals surface area contributed by atoms with E-state index < -0.39 is 12.1 Å². The molecule has 1 fully saturated rings. The number of imide groups is 1. The highest BCUT2D eigenvalue weighted by molar-refractivity contribution is 7.09. The van der Waals surface area contributed by atoms with Crippen LogP contribution in [0.5, 0.6) is 0 Å². The number of thiophene rings is 1. The number of hydrogen-bond acceptors (Lipinski definition) is 4. The molecular formula is C24H24N3O3S. The van der Waals surface area contributed by atoms with Gasteiger partial charge in [0.15, 0.2) is 0 Å². The Hall–Kier alpha value is -3.19. The van der Waals surface area contributed by atoms with Crippen LogP contribution in [0, 0.1) is 6.42 Å². The van der Waals surface area contributed by atoms with Crippen LogP contribution < -0.4 is 5.32 Å². The molecule has 3 aromatic rings.